The zero-order valence-corrected chi connectivity index (χ0v) is 15.1. The van der Waals surface area contributed by atoms with Crippen molar-refractivity contribution < 1.29 is 0 Å². The largest absolute Gasteiger partial charge is 0.317 e. The van der Waals surface area contributed by atoms with E-state index in [4.69, 9.17) is 0 Å². The number of hydrogen-bond donors (Lipinski definition) is 1. The third-order valence-electron chi connectivity index (χ3n) is 6.35. The summed E-state index contributed by atoms with van der Waals surface area (Å²) >= 11 is 0. The van der Waals surface area contributed by atoms with E-state index in [-0.39, 0.29) is 0 Å². The topological polar surface area (TPSA) is 15.3 Å². The van der Waals surface area contributed by atoms with Crippen LogP contribution in [0.15, 0.2) is 0 Å². The van der Waals surface area contributed by atoms with E-state index >= 15 is 0 Å². The second-order valence-corrected chi connectivity index (χ2v) is 8.14. The Bertz CT molecular complexity index is 304. The van der Waals surface area contributed by atoms with Gasteiger partial charge in [-0.3, -0.25) is 4.90 Å². The number of hydrogen-bond acceptors (Lipinski definition) is 2. The molecular formula is C19H38N2. The molecule has 0 radical (unpaired) electrons. The Morgan fingerprint density at radius 3 is 2.52 bits per heavy atom. The Balaban J connectivity index is 1.96. The van der Waals surface area contributed by atoms with Gasteiger partial charge in [0.1, 0.15) is 0 Å². The maximum absolute atomic E-state index is 3.62. The van der Waals surface area contributed by atoms with Gasteiger partial charge in [-0.15, -0.1) is 0 Å². The van der Waals surface area contributed by atoms with Crippen LogP contribution in [0.3, 0.4) is 0 Å². The standard InChI is InChI=1S/C19H38N2/c1-6-7-17-8-9-19(20-5)18(11-17)13-21-12-14(2)10-15(3)16(21)4/h14-20H,6-13H2,1-5H3. The van der Waals surface area contributed by atoms with Crippen molar-refractivity contribution in [3.05, 3.63) is 0 Å². The highest BCUT2D eigenvalue weighted by molar-refractivity contribution is 4.89. The Morgan fingerprint density at radius 2 is 1.86 bits per heavy atom. The van der Waals surface area contributed by atoms with Gasteiger partial charge in [-0.2, -0.15) is 0 Å². The van der Waals surface area contributed by atoms with Gasteiger partial charge in [0.05, 0.1) is 0 Å². The number of nitrogens with one attached hydrogen (secondary N) is 1. The van der Waals surface area contributed by atoms with Crippen molar-refractivity contribution in [2.45, 2.75) is 78.3 Å². The molecule has 21 heavy (non-hydrogen) atoms. The third-order valence-corrected chi connectivity index (χ3v) is 6.35. The summed E-state index contributed by atoms with van der Waals surface area (Å²) in [5.74, 6) is 3.58. The molecule has 0 spiro atoms. The molecule has 2 rings (SSSR count). The van der Waals surface area contributed by atoms with Crippen LogP contribution in [0.2, 0.25) is 0 Å². The Kier molecular flexibility index (Phi) is 6.55. The number of rotatable bonds is 5. The molecule has 0 amide bonds. The maximum Gasteiger partial charge on any atom is 0.0105 e. The molecule has 2 heteroatoms. The molecule has 2 fully saturated rings. The molecule has 6 unspecified atom stereocenters. The summed E-state index contributed by atoms with van der Waals surface area (Å²) in [5.41, 5.74) is 0. The number of nitrogens with zero attached hydrogens (tertiary/aromatic N) is 1. The molecule has 1 heterocycles. The molecular weight excluding hydrogens is 256 g/mol. The third kappa shape index (κ3) is 4.45. The van der Waals surface area contributed by atoms with Crippen molar-refractivity contribution in [3.63, 3.8) is 0 Å². The average Bonchev–Trinajstić information content (AvgIpc) is 2.45. The first-order valence-corrected chi connectivity index (χ1v) is 9.46. The Labute approximate surface area is 133 Å². The lowest BCUT2D eigenvalue weighted by Gasteiger charge is -2.45. The molecule has 0 aromatic heterocycles. The van der Waals surface area contributed by atoms with E-state index in [0.29, 0.717) is 0 Å². The van der Waals surface area contributed by atoms with Crippen LogP contribution < -0.4 is 5.32 Å². The minimum Gasteiger partial charge on any atom is -0.317 e. The summed E-state index contributed by atoms with van der Waals surface area (Å²) in [7, 11) is 2.17. The first-order chi connectivity index (χ1) is 10.0. The quantitative estimate of drug-likeness (QED) is 0.819. The van der Waals surface area contributed by atoms with Gasteiger partial charge in [-0.05, 0) is 63.3 Å². The lowest BCUT2D eigenvalue weighted by molar-refractivity contribution is 0.0445. The minimum absolute atomic E-state index is 0.748. The van der Waals surface area contributed by atoms with Crippen molar-refractivity contribution in [1.29, 1.82) is 0 Å². The molecule has 1 saturated carbocycles. The highest BCUT2D eigenvalue weighted by Crippen LogP contribution is 2.35. The van der Waals surface area contributed by atoms with Gasteiger partial charge in [-0.1, -0.05) is 33.6 Å². The molecule has 1 saturated heterocycles. The average molecular weight is 295 g/mol. The second kappa shape index (κ2) is 7.97. The molecule has 0 aromatic carbocycles. The van der Waals surface area contributed by atoms with Crippen molar-refractivity contribution in [3.8, 4) is 0 Å². The van der Waals surface area contributed by atoms with Crippen LogP contribution in [0.25, 0.3) is 0 Å². The van der Waals surface area contributed by atoms with Gasteiger partial charge in [-0.25, -0.2) is 0 Å². The maximum atomic E-state index is 3.62. The summed E-state index contributed by atoms with van der Waals surface area (Å²) in [6, 6.07) is 1.52. The van der Waals surface area contributed by atoms with E-state index in [1.54, 1.807) is 0 Å². The van der Waals surface area contributed by atoms with Crippen LogP contribution in [-0.4, -0.2) is 37.1 Å². The molecule has 2 aliphatic rings. The second-order valence-electron chi connectivity index (χ2n) is 8.14. The molecule has 1 aliphatic carbocycles. The van der Waals surface area contributed by atoms with E-state index in [2.05, 4.69) is 45.0 Å². The highest BCUT2D eigenvalue weighted by atomic mass is 15.2. The van der Waals surface area contributed by atoms with Gasteiger partial charge in [0.25, 0.3) is 0 Å². The van der Waals surface area contributed by atoms with Gasteiger partial charge in [0, 0.05) is 25.2 Å². The zero-order valence-electron chi connectivity index (χ0n) is 15.1. The zero-order chi connectivity index (χ0) is 15.4. The van der Waals surface area contributed by atoms with Crippen LogP contribution in [0.4, 0.5) is 0 Å². The molecule has 0 bridgehead atoms. The summed E-state index contributed by atoms with van der Waals surface area (Å²) in [5, 5.41) is 3.62. The summed E-state index contributed by atoms with van der Waals surface area (Å²) in [6.45, 7) is 12.3. The summed E-state index contributed by atoms with van der Waals surface area (Å²) < 4.78 is 0. The monoisotopic (exact) mass is 294 g/mol. The van der Waals surface area contributed by atoms with Crippen molar-refractivity contribution in [2.24, 2.45) is 23.7 Å². The summed E-state index contributed by atoms with van der Waals surface area (Å²) in [4.78, 5) is 2.81. The first-order valence-electron chi connectivity index (χ1n) is 9.46. The molecule has 2 nitrogen and oxygen atoms in total. The lowest BCUT2D eigenvalue weighted by atomic mass is 9.75. The predicted molar refractivity (Wildman–Crippen MR) is 92.6 cm³/mol. The van der Waals surface area contributed by atoms with Crippen LogP contribution in [-0.2, 0) is 0 Å². The van der Waals surface area contributed by atoms with Crippen molar-refractivity contribution in [2.75, 3.05) is 20.1 Å². The highest BCUT2D eigenvalue weighted by Gasteiger charge is 2.34. The molecule has 124 valence electrons. The molecule has 1 aliphatic heterocycles. The normalized spacial score (nSPS) is 42.1. The van der Waals surface area contributed by atoms with E-state index < -0.39 is 0 Å². The van der Waals surface area contributed by atoms with E-state index in [1.165, 1.54) is 51.6 Å². The van der Waals surface area contributed by atoms with Crippen molar-refractivity contribution >= 4 is 0 Å². The minimum atomic E-state index is 0.748. The Morgan fingerprint density at radius 1 is 1.10 bits per heavy atom. The van der Waals surface area contributed by atoms with Crippen LogP contribution in [0.1, 0.15) is 66.2 Å². The van der Waals surface area contributed by atoms with Gasteiger partial charge < -0.3 is 5.32 Å². The first kappa shape index (κ1) is 17.3. The fourth-order valence-corrected chi connectivity index (χ4v) is 4.99. The van der Waals surface area contributed by atoms with E-state index in [0.717, 1.165) is 35.8 Å². The molecule has 1 N–H and O–H groups in total. The van der Waals surface area contributed by atoms with Gasteiger partial charge >= 0.3 is 0 Å². The predicted octanol–water partition coefficient (Wildman–Crippen LogP) is 4.16. The number of piperidine rings is 1. The van der Waals surface area contributed by atoms with E-state index in [1.807, 2.05) is 0 Å². The summed E-state index contributed by atoms with van der Waals surface area (Å²) in [6.07, 6.45) is 8.49. The SMILES string of the molecule is CCCC1CCC(NC)C(CN2CC(C)CC(C)C2C)C1. The van der Waals surface area contributed by atoms with Gasteiger partial charge in [0.15, 0.2) is 0 Å². The van der Waals surface area contributed by atoms with Crippen LogP contribution in [0, 0.1) is 23.7 Å². The fourth-order valence-electron chi connectivity index (χ4n) is 4.99. The Hall–Kier alpha value is -0.0800. The van der Waals surface area contributed by atoms with Crippen LogP contribution in [0.5, 0.6) is 0 Å². The molecule has 0 aromatic rings. The number of likely N-dealkylation sites (tertiary alicyclic amines) is 1. The van der Waals surface area contributed by atoms with E-state index in [9.17, 15) is 0 Å². The fraction of sp³-hybridized carbons (Fsp3) is 1.00. The lowest BCUT2D eigenvalue weighted by Crippen LogP contribution is -2.51. The van der Waals surface area contributed by atoms with Crippen molar-refractivity contribution in [1.82, 2.24) is 10.2 Å². The van der Waals surface area contributed by atoms with Crippen LogP contribution >= 0.6 is 0 Å². The van der Waals surface area contributed by atoms with Gasteiger partial charge in [0.2, 0.25) is 0 Å². The molecule has 6 atom stereocenters. The smallest absolute Gasteiger partial charge is 0.0105 e.